The molecule has 1 aliphatic rings. The fourth-order valence-electron chi connectivity index (χ4n) is 1.93. The summed E-state index contributed by atoms with van der Waals surface area (Å²) in [4.78, 5) is 12.1. The third-order valence-corrected chi connectivity index (χ3v) is 3.36. The van der Waals surface area contributed by atoms with E-state index in [1.807, 2.05) is 27.7 Å². The molecule has 100 valence electrons. The highest BCUT2D eigenvalue weighted by atomic mass is 16.5. The maximum Gasteiger partial charge on any atom is 0.228 e. The zero-order valence-corrected chi connectivity index (χ0v) is 11.7. The Morgan fingerprint density at radius 1 is 1.53 bits per heavy atom. The van der Waals surface area contributed by atoms with Crippen molar-refractivity contribution >= 4 is 5.91 Å². The van der Waals surface area contributed by atoms with Crippen LogP contribution in [0, 0.1) is 5.41 Å². The highest BCUT2D eigenvalue weighted by Crippen LogP contribution is 2.30. The summed E-state index contributed by atoms with van der Waals surface area (Å²) in [5.41, 5.74) is -0.819. The Hall–Kier alpha value is -0.610. The Morgan fingerprint density at radius 2 is 2.18 bits per heavy atom. The van der Waals surface area contributed by atoms with Gasteiger partial charge < -0.3 is 10.1 Å². The van der Waals surface area contributed by atoms with Gasteiger partial charge in [-0.1, -0.05) is 13.3 Å². The van der Waals surface area contributed by atoms with Crippen LogP contribution in [0.5, 0.6) is 0 Å². The number of rotatable bonds is 5. The lowest BCUT2D eigenvalue weighted by atomic mass is 9.85. The molecule has 2 N–H and O–H groups in total. The lowest BCUT2D eigenvalue weighted by Crippen LogP contribution is -2.46. The molecule has 0 aromatic rings. The second-order valence-electron chi connectivity index (χ2n) is 5.83. The number of carbonyl (C=O) groups excluding carboxylic acids is 1. The SMILES string of the molecule is CCCCNC(=O)C(C)(C)C1CNC(C)(C)O1. The van der Waals surface area contributed by atoms with E-state index in [0.29, 0.717) is 0 Å². The van der Waals surface area contributed by atoms with Gasteiger partial charge >= 0.3 is 0 Å². The van der Waals surface area contributed by atoms with Gasteiger partial charge in [-0.2, -0.15) is 0 Å². The predicted molar refractivity (Wildman–Crippen MR) is 68.7 cm³/mol. The summed E-state index contributed by atoms with van der Waals surface area (Å²) >= 11 is 0. The van der Waals surface area contributed by atoms with Gasteiger partial charge in [-0.3, -0.25) is 10.1 Å². The minimum atomic E-state index is -0.492. The number of amides is 1. The van der Waals surface area contributed by atoms with Crippen molar-refractivity contribution in [3.63, 3.8) is 0 Å². The van der Waals surface area contributed by atoms with Crippen molar-refractivity contribution in [2.75, 3.05) is 13.1 Å². The monoisotopic (exact) mass is 242 g/mol. The van der Waals surface area contributed by atoms with E-state index in [0.717, 1.165) is 25.9 Å². The van der Waals surface area contributed by atoms with Gasteiger partial charge in [-0.15, -0.1) is 0 Å². The third-order valence-electron chi connectivity index (χ3n) is 3.36. The van der Waals surface area contributed by atoms with E-state index in [9.17, 15) is 4.79 Å². The molecule has 0 bridgehead atoms. The van der Waals surface area contributed by atoms with Crippen LogP contribution in [0.3, 0.4) is 0 Å². The third kappa shape index (κ3) is 3.68. The summed E-state index contributed by atoms with van der Waals surface area (Å²) in [7, 11) is 0. The van der Waals surface area contributed by atoms with Crippen LogP contribution in [-0.2, 0) is 9.53 Å². The van der Waals surface area contributed by atoms with Crippen LogP contribution in [0.4, 0.5) is 0 Å². The molecule has 1 heterocycles. The molecule has 0 aliphatic carbocycles. The molecular formula is C13H26N2O2. The Bertz CT molecular complexity index is 275. The molecule has 1 fully saturated rings. The van der Waals surface area contributed by atoms with Crippen molar-refractivity contribution in [3.05, 3.63) is 0 Å². The van der Waals surface area contributed by atoms with Gasteiger partial charge in [0.1, 0.15) is 5.72 Å². The van der Waals surface area contributed by atoms with E-state index in [4.69, 9.17) is 4.74 Å². The normalized spacial score (nSPS) is 23.7. The van der Waals surface area contributed by atoms with Crippen LogP contribution >= 0.6 is 0 Å². The summed E-state index contributed by atoms with van der Waals surface area (Å²) in [5.74, 6) is 0.0791. The van der Waals surface area contributed by atoms with Gasteiger partial charge in [0.15, 0.2) is 0 Å². The Labute approximate surface area is 104 Å². The summed E-state index contributed by atoms with van der Waals surface area (Å²) < 4.78 is 5.87. The molecule has 1 amide bonds. The lowest BCUT2D eigenvalue weighted by Gasteiger charge is -2.30. The molecular weight excluding hydrogens is 216 g/mol. The molecule has 1 unspecified atom stereocenters. The maximum absolute atomic E-state index is 12.1. The molecule has 4 heteroatoms. The molecule has 0 saturated carbocycles. The molecule has 0 aromatic carbocycles. The van der Waals surface area contributed by atoms with Crippen molar-refractivity contribution in [1.82, 2.24) is 10.6 Å². The fraction of sp³-hybridized carbons (Fsp3) is 0.923. The number of unbranched alkanes of at least 4 members (excludes halogenated alkanes) is 1. The van der Waals surface area contributed by atoms with Gasteiger partial charge in [0.05, 0.1) is 11.5 Å². The molecule has 0 aromatic heterocycles. The van der Waals surface area contributed by atoms with Crippen molar-refractivity contribution in [3.8, 4) is 0 Å². The topological polar surface area (TPSA) is 50.4 Å². The molecule has 1 rings (SSSR count). The highest BCUT2D eigenvalue weighted by molar-refractivity contribution is 5.82. The van der Waals surface area contributed by atoms with E-state index >= 15 is 0 Å². The summed E-state index contributed by atoms with van der Waals surface area (Å²) in [6, 6.07) is 0. The summed E-state index contributed by atoms with van der Waals surface area (Å²) in [5, 5.41) is 6.25. The first-order valence-electron chi connectivity index (χ1n) is 6.51. The lowest BCUT2D eigenvalue weighted by molar-refractivity contribution is -0.140. The Morgan fingerprint density at radius 3 is 2.65 bits per heavy atom. The fourth-order valence-corrected chi connectivity index (χ4v) is 1.93. The first-order valence-corrected chi connectivity index (χ1v) is 6.51. The second kappa shape index (κ2) is 5.36. The molecule has 0 radical (unpaired) electrons. The van der Waals surface area contributed by atoms with Crippen LogP contribution < -0.4 is 10.6 Å². The van der Waals surface area contributed by atoms with Gasteiger partial charge in [0.25, 0.3) is 0 Å². The molecule has 17 heavy (non-hydrogen) atoms. The van der Waals surface area contributed by atoms with Crippen LogP contribution in [0.2, 0.25) is 0 Å². The first-order chi connectivity index (χ1) is 7.79. The van der Waals surface area contributed by atoms with Gasteiger partial charge in [-0.25, -0.2) is 0 Å². The highest BCUT2D eigenvalue weighted by Gasteiger charge is 2.44. The van der Waals surface area contributed by atoms with E-state index < -0.39 is 5.41 Å². The second-order valence-corrected chi connectivity index (χ2v) is 5.83. The first kappa shape index (κ1) is 14.5. The quantitative estimate of drug-likeness (QED) is 0.721. The van der Waals surface area contributed by atoms with Crippen molar-refractivity contribution in [2.24, 2.45) is 5.41 Å². The van der Waals surface area contributed by atoms with Crippen molar-refractivity contribution in [1.29, 1.82) is 0 Å². The average molecular weight is 242 g/mol. The maximum atomic E-state index is 12.1. The van der Waals surface area contributed by atoms with Gasteiger partial charge in [0, 0.05) is 13.1 Å². The standard InChI is InChI=1S/C13H26N2O2/c1-6-7-8-14-11(16)12(2,3)10-9-15-13(4,5)17-10/h10,15H,6-9H2,1-5H3,(H,14,16). The van der Waals surface area contributed by atoms with Crippen molar-refractivity contribution < 1.29 is 9.53 Å². The Kier molecular flexibility index (Phi) is 4.55. The number of hydrogen-bond acceptors (Lipinski definition) is 3. The molecule has 0 spiro atoms. The predicted octanol–water partition coefficient (Wildman–Crippen LogP) is 1.65. The van der Waals surface area contributed by atoms with E-state index in [1.54, 1.807) is 0 Å². The number of carbonyl (C=O) groups is 1. The van der Waals surface area contributed by atoms with Crippen LogP contribution in [-0.4, -0.2) is 30.8 Å². The van der Waals surface area contributed by atoms with Crippen LogP contribution in [0.25, 0.3) is 0 Å². The van der Waals surface area contributed by atoms with Crippen LogP contribution in [0.1, 0.15) is 47.5 Å². The summed E-state index contributed by atoms with van der Waals surface area (Å²) in [6.07, 6.45) is 2.05. The molecule has 1 aliphatic heterocycles. The summed E-state index contributed by atoms with van der Waals surface area (Å²) in [6.45, 7) is 11.5. The minimum absolute atomic E-state index is 0.0703. The number of hydrogen-bond donors (Lipinski definition) is 2. The average Bonchev–Trinajstić information content (AvgIpc) is 2.59. The largest absolute Gasteiger partial charge is 0.356 e. The number of nitrogens with one attached hydrogen (secondary N) is 2. The zero-order chi connectivity index (χ0) is 13.1. The van der Waals surface area contributed by atoms with E-state index in [-0.39, 0.29) is 17.7 Å². The smallest absolute Gasteiger partial charge is 0.228 e. The molecule has 1 atom stereocenters. The Balaban J connectivity index is 2.52. The van der Waals surface area contributed by atoms with Gasteiger partial charge in [-0.05, 0) is 34.1 Å². The van der Waals surface area contributed by atoms with Crippen LogP contribution in [0.15, 0.2) is 0 Å². The van der Waals surface area contributed by atoms with E-state index in [2.05, 4.69) is 17.6 Å². The van der Waals surface area contributed by atoms with E-state index in [1.165, 1.54) is 0 Å². The van der Waals surface area contributed by atoms with Crippen molar-refractivity contribution in [2.45, 2.75) is 59.3 Å². The molecule has 4 nitrogen and oxygen atoms in total. The molecule has 1 saturated heterocycles. The minimum Gasteiger partial charge on any atom is -0.356 e. The zero-order valence-electron chi connectivity index (χ0n) is 11.7. The van der Waals surface area contributed by atoms with Gasteiger partial charge in [0.2, 0.25) is 5.91 Å². The number of ether oxygens (including phenoxy) is 1.